The van der Waals surface area contributed by atoms with Crippen LogP contribution in [0.15, 0.2) is 40.7 Å². The fraction of sp³-hybridized carbons (Fsp3) is 0.500. The Morgan fingerprint density at radius 1 is 1.30 bits per heavy atom. The molecule has 0 aliphatic carbocycles. The molecule has 8 nitrogen and oxygen atoms in total. The molecule has 1 saturated heterocycles. The predicted molar refractivity (Wildman–Crippen MR) is 114 cm³/mol. The van der Waals surface area contributed by atoms with Gasteiger partial charge in [0, 0.05) is 30.6 Å². The van der Waals surface area contributed by atoms with E-state index in [-0.39, 0.29) is 29.3 Å². The minimum Gasteiger partial charge on any atom is -0.492 e. The average Bonchev–Trinajstić information content (AvgIpc) is 3.26. The number of hydrogen-bond acceptors (Lipinski definition) is 7. The number of piperidine rings is 1. The first-order valence-electron chi connectivity index (χ1n) is 9.95. The molecule has 10 heteroatoms. The number of likely N-dealkylation sites (N-methyl/N-ethyl adjacent to an activating group) is 1. The van der Waals surface area contributed by atoms with Crippen LogP contribution in [0.5, 0.6) is 5.75 Å². The molecule has 1 N–H and O–H groups in total. The summed E-state index contributed by atoms with van der Waals surface area (Å²) in [6.07, 6.45) is 3.40. The highest BCUT2D eigenvalue weighted by Crippen LogP contribution is 2.39. The normalized spacial score (nSPS) is 21.2. The molecule has 2 aliphatic rings. The lowest BCUT2D eigenvalue weighted by Crippen LogP contribution is -2.53. The summed E-state index contributed by atoms with van der Waals surface area (Å²) in [6.45, 7) is 2.96. The zero-order valence-electron chi connectivity index (χ0n) is 16.9. The summed E-state index contributed by atoms with van der Waals surface area (Å²) in [5, 5.41) is 5.60. The summed E-state index contributed by atoms with van der Waals surface area (Å²) in [6, 6.07) is 6.66. The third-order valence-corrected chi connectivity index (χ3v) is 8.47. The first-order chi connectivity index (χ1) is 14.4. The highest BCUT2D eigenvalue weighted by atomic mass is 32.2. The van der Waals surface area contributed by atoms with E-state index in [9.17, 15) is 13.2 Å². The predicted octanol–water partition coefficient (Wildman–Crippen LogP) is 1.55. The highest BCUT2D eigenvalue weighted by Gasteiger charge is 2.43. The number of ether oxygens (including phenoxy) is 1. The molecule has 162 valence electrons. The molecule has 1 aromatic heterocycles. The van der Waals surface area contributed by atoms with Crippen LogP contribution in [0.2, 0.25) is 0 Å². The molecule has 0 unspecified atom stereocenters. The van der Waals surface area contributed by atoms with Crippen LogP contribution in [-0.2, 0) is 21.4 Å². The zero-order chi connectivity index (χ0) is 21.2. The van der Waals surface area contributed by atoms with Crippen molar-refractivity contribution in [1.82, 2.24) is 19.5 Å². The molecule has 2 aromatic rings. The number of fused-ring (bicyclic) bond motifs is 1. The molecule has 1 spiro atoms. The van der Waals surface area contributed by atoms with Gasteiger partial charge in [-0.2, -0.15) is 4.31 Å². The summed E-state index contributed by atoms with van der Waals surface area (Å²) >= 11 is 1.64. The van der Waals surface area contributed by atoms with Gasteiger partial charge >= 0.3 is 0 Å². The van der Waals surface area contributed by atoms with E-state index in [0.717, 1.165) is 37.5 Å². The van der Waals surface area contributed by atoms with Crippen molar-refractivity contribution in [3.8, 4) is 5.75 Å². The summed E-state index contributed by atoms with van der Waals surface area (Å²) in [4.78, 5) is 18.9. The molecule has 1 fully saturated rings. The molecule has 0 radical (unpaired) electrons. The fourth-order valence-electron chi connectivity index (χ4n) is 4.05. The number of hydrogen-bond donors (Lipinski definition) is 1. The van der Waals surface area contributed by atoms with Gasteiger partial charge in [0.2, 0.25) is 15.9 Å². The van der Waals surface area contributed by atoms with E-state index >= 15 is 0 Å². The largest absolute Gasteiger partial charge is 0.492 e. The Kier molecular flexibility index (Phi) is 6.10. The van der Waals surface area contributed by atoms with Gasteiger partial charge in [0.05, 0.1) is 19.7 Å². The Labute approximate surface area is 180 Å². The maximum absolute atomic E-state index is 13.4. The monoisotopic (exact) mass is 450 g/mol. The molecular formula is C20H26N4O4S2. The minimum atomic E-state index is -3.85. The van der Waals surface area contributed by atoms with Gasteiger partial charge in [0.25, 0.3) is 0 Å². The maximum atomic E-state index is 13.4. The number of amides is 1. The number of benzene rings is 1. The van der Waals surface area contributed by atoms with E-state index < -0.39 is 10.0 Å². The highest BCUT2D eigenvalue weighted by molar-refractivity contribution is 7.89. The van der Waals surface area contributed by atoms with Crippen LogP contribution in [0.4, 0.5) is 0 Å². The van der Waals surface area contributed by atoms with Crippen molar-refractivity contribution in [3.05, 3.63) is 40.8 Å². The van der Waals surface area contributed by atoms with Gasteiger partial charge in [-0.3, -0.25) is 9.69 Å². The lowest BCUT2D eigenvalue weighted by atomic mass is 9.78. The number of para-hydroxylation sites is 1. The first kappa shape index (κ1) is 21.2. The number of nitrogens with zero attached hydrogens (tertiary/aromatic N) is 3. The lowest BCUT2D eigenvalue weighted by molar-refractivity contribution is -0.121. The van der Waals surface area contributed by atoms with Gasteiger partial charge in [-0.15, -0.1) is 11.3 Å². The number of rotatable bonds is 4. The van der Waals surface area contributed by atoms with Crippen LogP contribution < -0.4 is 10.1 Å². The Balaban J connectivity index is 1.58. The van der Waals surface area contributed by atoms with Gasteiger partial charge in [0.1, 0.15) is 15.7 Å². The summed E-state index contributed by atoms with van der Waals surface area (Å²) < 4.78 is 34.1. The minimum absolute atomic E-state index is 0.116. The lowest BCUT2D eigenvalue weighted by Gasteiger charge is -2.44. The molecule has 0 saturated carbocycles. The second-order valence-electron chi connectivity index (χ2n) is 7.88. The van der Waals surface area contributed by atoms with Crippen molar-refractivity contribution in [2.24, 2.45) is 5.41 Å². The third-order valence-electron chi connectivity index (χ3n) is 5.87. The molecule has 1 amide bonds. The maximum Gasteiger partial charge on any atom is 0.247 e. The first-order valence-corrected chi connectivity index (χ1v) is 12.3. The van der Waals surface area contributed by atoms with Gasteiger partial charge in [-0.25, -0.2) is 13.4 Å². The average molecular weight is 451 g/mol. The fourth-order valence-corrected chi connectivity index (χ4v) is 6.35. The van der Waals surface area contributed by atoms with Crippen molar-refractivity contribution in [3.63, 3.8) is 0 Å². The number of carbonyl (C=O) groups excluding carboxylic acids is 1. The van der Waals surface area contributed by atoms with E-state index in [2.05, 4.69) is 15.2 Å². The molecule has 30 heavy (non-hydrogen) atoms. The van der Waals surface area contributed by atoms with Gasteiger partial charge in [-0.1, -0.05) is 12.1 Å². The molecule has 4 rings (SSSR count). The van der Waals surface area contributed by atoms with Crippen LogP contribution in [0.3, 0.4) is 0 Å². The Bertz CT molecular complexity index is 986. The van der Waals surface area contributed by atoms with Gasteiger partial charge < -0.3 is 10.1 Å². The van der Waals surface area contributed by atoms with Crippen molar-refractivity contribution in [2.45, 2.75) is 24.3 Å². The van der Waals surface area contributed by atoms with Crippen molar-refractivity contribution < 1.29 is 17.9 Å². The quantitative estimate of drug-likeness (QED) is 0.760. The van der Waals surface area contributed by atoms with E-state index in [4.69, 9.17) is 4.74 Å². The molecule has 2 aliphatic heterocycles. The van der Waals surface area contributed by atoms with Crippen LogP contribution >= 0.6 is 11.3 Å². The second-order valence-corrected chi connectivity index (χ2v) is 10.8. The summed E-state index contributed by atoms with van der Waals surface area (Å²) in [5.41, 5.74) is -0.339. The van der Waals surface area contributed by atoms with Gasteiger partial charge in [-0.05, 0) is 38.1 Å². The van der Waals surface area contributed by atoms with E-state index in [0.29, 0.717) is 12.4 Å². The summed E-state index contributed by atoms with van der Waals surface area (Å²) in [7, 11) is -2.34. The SMILES string of the molecule is CNC(=O)CN1CC2(CCN(Cc3nccs3)CC2)COc2ccccc2S1(=O)=O. The zero-order valence-corrected chi connectivity index (χ0v) is 18.5. The smallest absolute Gasteiger partial charge is 0.247 e. The molecule has 0 bridgehead atoms. The Morgan fingerprint density at radius 2 is 2.07 bits per heavy atom. The standard InChI is InChI=1S/C20H26N4O4S2/c1-21-18(25)12-24-14-20(6-9-23(10-7-20)13-19-22-8-11-29-19)15-28-16-4-2-3-5-17(16)30(24,26)27/h2-5,8,11H,6-7,9-10,12-15H2,1H3,(H,21,25). The van der Waals surface area contributed by atoms with Gasteiger partial charge in [0.15, 0.2) is 0 Å². The van der Waals surface area contributed by atoms with Crippen LogP contribution in [0.25, 0.3) is 0 Å². The number of sulfonamides is 1. The topological polar surface area (TPSA) is 91.8 Å². The number of nitrogens with one attached hydrogen (secondary N) is 1. The Hall–Kier alpha value is -2.01. The molecule has 0 atom stereocenters. The van der Waals surface area contributed by atoms with Crippen molar-refractivity contribution >= 4 is 27.3 Å². The van der Waals surface area contributed by atoms with Crippen molar-refractivity contribution in [1.29, 1.82) is 0 Å². The number of thiazole rings is 1. The second kappa shape index (κ2) is 8.62. The number of likely N-dealkylation sites (tertiary alicyclic amines) is 1. The van der Waals surface area contributed by atoms with Crippen LogP contribution in [0.1, 0.15) is 17.8 Å². The van der Waals surface area contributed by atoms with Crippen LogP contribution in [-0.4, -0.2) is 68.3 Å². The molecule has 1 aromatic carbocycles. The Morgan fingerprint density at radius 3 is 2.77 bits per heavy atom. The third kappa shape index (κ3) is 4.36. The van der Waals surface area contributed by atoms with E-state index in [1.54, 1.807) is 29.5 Å². The van der Waals surface area contributed by atoms with E-state index in [1.807, 2.05) is 11.6 Å². The van der Waals surface area contributed by atoms with Crippen LogP contribution in [0, 0.1) is 5.41 Å². The molecule has 3 heterocycles. The molecular weight excluding hydrogens is 424 g/mol. The van der Waals surface area contributed by atoms with Crippen molar-refractivity contribution in [2.75, 3.05) is 39.8 Å². The van der Waals surface area contributed by atoms with E-state index in [1.165, 1.54) is 17.4 Å². The number of aromatic nitrogens is 1. The number of carbonyl (C=O) groups is 1. The summed E-state index contributed by atoms with van der Waals surface area (Å²) in [5.74, 6) is 0.0256.